The van der Waals surface area contributed by atoms with Crippen LogP contribution < -0.4 is 0 Å². The van der Waals surface area contributed by atoms with Gasteiger partial charge in [-0.3, -0.25) is 23.4 Å². The number of carbonyl (C=O) groups is 3. The molecule has 12 heteroatoms. The van der Waals surface area contributed by atoms with Crippen LogP contribution in [0.4, 0.5) is 0 Å². The number of esters is 3. The van der Waals surface area contributed by atoms with Gasteiger partial charge in [-0.1, -0.05) is 174 Å². The van der Waals surface area contributed by atoms with E-state index in [1.807, 2.05) is 12.2 Å². The Morgan fingerprint density at radius 3 is 1.23 bits per heavy atom. The molecule has 0 bridgehead atoms. The van der Waals surface area contributed by atoms with E-state index in [4.69, 9.17) is 23.3 Å². The minimum absolute atomic E-state index is 0.0888. The topological polar surface area (TPSA) is 155 Å². The van der Waals surface area contributed by atoms with Crippen molar-refractivity contribution in [1.82, 2.24) is 0 Å². The summed E-state index contributed by atoms with van der Waals surface area (Å²) in [5.74, 6) is -1.65. The molecule has 0 spiro atoms. The van der Waals surface area contributed by atoms with E-state index >= 15 is 0 Å². The van der Waals surface area contributed by atoms with Gasteiger partial charge >= 0.3 is 25.7 Å². The fourth-order valence-corrected chi connectivity index (χ4v) is 7.17. The van der Waals surface area contributed by atoms with Crippen molar-refractivity contribution in [2.75, 3.05) is 26.4 Å². The van der Waals surface area contributed by atoms with Crippen LogP contribution in [-0.2, 0) is 42.2 Å². The number of unbranched alkanes of at least 4 members (excludes halogenated alkanes) is 10. The van der Waals surface area contributed by atoms with Gasteiger partial charge in [-0.2, -0.15) is 0 Å². The second-order valence-corrected chi connectivity index (χ2v) is 18.4. The zero-order chi connectivity index (χ0) is 51.3. The van der Waals surface area contributed by atoms with Crippen molar-refractivity contribution in [1.29, 1.82) is 0 Å². The SMILES string of the molecule is CC/C=C\C/C=C\C/C=C\C/C=C\CCCCC(=O)OC(COC(=O)CC/C=C\C/C=C\C/C=C\C/C=C\CC)COP(=O)(O)OCC(CO)OC(=O)CCCCCCC/C=C\C/C=C\CCCCC. The first-order valence-electron chi connectivity index (χ1n) is 26.4. The first-order valence-corrected chi connectivity index (χ1v) is 27.9. The Morgan fingerprint density at radius 1 is 0.414 bits per heavy atom. The Bertz CT molecular complexity index is 1630. The number of aliphatic hydroxyl groups excluding tert-OH is 1. The van der Waals surface area contributed by atoms with E-state index in [1.165, 1.54) is 19.3 Å². The van der Waals surface area contributed by atoms with Crippen LogP contribution in [0.15, 0.2) is 122 Å². The number of rotatable bonds is 47. The van der Waals surface area contributed by atoms with Crippen molar-refractivity contribution >= 4 is 25.7 Å². The molecule has 0 saturated heterocycles. The van der Waals surface area contributed by atoms with Gasteiger partial charge in [0, 0.05) is 19.3 Å². The van der Waals surface area contributed by atoms with Gasteiger partial charge in [-0.05, 0) is 116 Å². The van der Waals surface area contributed by atoms with Crippen LogP contribution in [0.25, 0.3) is 0 Å². The first-order chi connectivity index (χ1) is 34.2. The molecular formula is C58H93O11P. The van der Waals surface area contributed by atoms with E-state index in [-0.39, 0.29) is 19.3 Å². The summed E-state index contributed by atoms with van der Waals surface area (Å²) in [6, 6.07) is 0. The summed E-state index contributed by atoms with van der Waals surface area (Å²) >= 11 is 0. The summed E-state index contributed by atoms with van der Waals surface area (Å²) in [5.41, 5.74) is 0. The molecule has 0 amide bonds. The average Bonchev–Trinajstić information content (AvgIpc) is 3.35. The maximum Gasteiger partial charge on any atom is 0.472 e. The van der Waals surface area contributed by atoms with Crippen LogP contribution >= 0.6 is 7.82 Å². The summed E-state index contributed by atoms with van der Waals surface area (Å²) in [7, 11) is -4.78. The number of phosphoric ester groups is 1. The molecule has 0 aromatic rings. The van der Waals surface area contributed by atoms with Crippen molar-refractivity contribution in [3.63, 3.8) is 0 Å². The normalized spacial score (nSPS) is 14.4. The van der Waals surface area contributed by atoms with Crippen LogP contribution in [0.5, 0.6) is 0 Å². The number of carbonyl (C=O) groups excluding carboxylic acids is 3. The molecule has 3 atom stereocenters. The largest absolute Gasteiger partial charge is 0.472 e. The Hall–Kier alpha value is -4.12. The molecule has 0 aliphatic rings. The fourth-order valence-electron chi connectivity index (χ4n) is 6.39. The van der Waals surface area contributed by atoms with Crippen LogP contribution in [0.2, 0.25) is 0 Å². The van der Waals surface area contributed by atoms with Gasteiger partial charge in [0.1, 0.15) is 12.7 Å². The highest BCUT2D eigenvalue weighted by atomic mass is 31.2. The quantitative estimate of drug-likeness (QED) is 0.0197. The van der Waals surface area contributed by atoms with Crippen molar-refractivity contribution in [3.8, 4) is 0 Å². The Morgan fingerprint density at radius 2 is 0.771 bits per heavy atom. The third-order valence-corrected chi connectivity index (χ3v) is 11.3. The molecule has 70 heavy (non-hydrogen) atoms. The van der Waals surface area contributed by atoms with Gasteiger partial charge in [0.05, 0.1) is 19.8 Å². The minimum Gasteiger partial charge on any atom is -0.462 e. The highest BCUT2D eigenvalue weighted by Gasteiger charge is 2.28. The predicted octanol–water partition coefficient (Wildman–Crippen LogP) is 15.2. The molecule has 0 radical (unpaired) electrons. The van der Waals surface area contributed by atoms with E-state index in [2.05, 4.69) is 130 Å². The zero-order valence-electron chi connectivity index (χ0n) is 43.4. The van der Waals surface area contributed by atoms with E-state index in [1.54, 1.807) is 0 Å². The molecule has 0 aliphatic carbocycles. The average molecular weight is 997 g/mol. The van der Waals surface area contributed by atoms with Gasteiger partial charge in [0.25, 0.3) is 0 Å². The van der Waals surface area contributed by atoms with E-state index in [0.29, 0.717) is 19.3 Å². The van der Waals surface area contributed by atoms with Gasteiger partial charge in [0.2, 0.25) is 0 Å². The molecule has 11 nitrogen and oxygen atoms in total. The number of phosphoric acid groups is 1. The maximum atomic E-state index is 12.9. The summed E-state index contributed by atoms with van der Waals surface area (Å²) in [5, 5.41) is 9.79. The summed E-state index contributed by atoms with van der Waals surface area (Å²) in [4.78, 5) is 48.3. The van der Waals surface area contributed by atoms with Crippen molar-refractivity contribution < 1.29 is 52.2 Å². The third-order valence-electron chi connectivity index (χ3n) is 10.4. The standard InChI is InChI=1S/C58H93O11P/c1-4-7-10-13-16-19-22-25-27-30-33-36-39-42-45-48-57(61)68-54(50-59)52-66-70(63,64)67-53-55(51-65-56(60)47-44-41-38-35-32-29-24-21-18-15-12-9-6-3)69-58(62)49-46-43-40-37-34-31-28-26-23-20-17-14-11-8-5-2/h8-9,11-12,16-21,25-29,32,34,37-38,41,54-55,59H,4-7,10,13-15,22-24,30-31,33,35-36,39-40,42-53H2,1-3H3,(H,63,64)/b11-8-,12-9-,19-16-,20-17-,21-18-,27-25-,28-26-,32-29-,37-34-,41-38-. The number of allylic oxidation sites excluding steroid dienone is 20. The van der Waals surface area contributed by atoms with Crippen LogP contribution in [0.3, 0.4) is 0 Å². The summed E-state index contributed by atoms with van der Waals surface area (Å²) in [6.45, 7) is 4.20. The van der Waals surface area contributed by atoms with Crippen molar-refractivity contribution in [2.45, 2.75) is 200 Å². The lowest BCUT2D eigenvalue weighted by Gasteiger charge is -2.21. The third kappa shape index (κ3) is 48.9. The predicted molar refractivity (Wildman–Crippen MR) is 288 cm³/mol. The molecule has 396 valence electrons. The summed E-state index contributed by atoms with van der Waals surface area (Å²) < 4.78 is 39.2. The molecule has 0 aromatic carbocycles. The molecule has 3 unspecified atom stereocenters. The minimum atomic E-state index is -4.78. The molecule has 0 rings (SSSR count). The number of ether oxygens (including phenoxy) is 3. The molecule has 0 aromatic heterocycles. The lowest BCUT2D eigenvalue weighted by Crippen LogP contribution is -2.30. The van der Waals surface area contributed by atoms with Gasteiger partial charge in [0.15, 0.2) is 6.10 Å². The van der Waals surface area contributed by atoms with Gasteiger partial charge in [-0.25, -0.2) is 4.57 Å². The van der Waals surface area contributed by atoms with Crippen LogP contribution in [0.1, 0.15) is 188 Å². The lowest BCUT2D eigenvalue weighted by molar-refractivity contribution is -0.161. The van der Waals surface area contributed by atoms with Crippen LogP contribution in [0, 0.1) is 0 Å². The Balaban J connectivity index is 4.89. The number of hydrogen-bond acceptors (Lipinski definition) is 10. The second-order valence-electron chi connectivity index (χ2n) is 16.9. The lowest BCUT2D eigenvalue weighted by atomic mass is 10.1. The van der Waals surface area contributed by atoms with Crippen molar-refractivity contribution in [3.05, 3.63) is 122 Å². The molecule has 0 heterocycles. The fraction of sp³-hybridized carbons (Fsp3) is 0.603. The van der Waals surface area contributed by atoms with Crippen LogP contribution in [-0.4, -0.2) is 66.5 Å². The highest BCUT2D eigenvalue weighted by Crippen LogP contribution is 2.43. The molecular weight excluding hydrogens is 904 g/mol. The highest BCUT2D eigenvalue weighted by molar-refractivity contribution is 7.47. The summed E-state index contributed by atoms with van der Waals surface area (Å²) in [6.07, 6.45) is 61.9. The number of aliphatic hydroxyl groups is 1. The molecule has 0 saturated carbocycles. The van der Waals surface area contributed by atoms with Gasteiger partial charge < -0.3 is 24.2 Å². The molecule has 0 aliphatic heterocycles. The Labute approximate surface area is 424 Å². The molecule has 2 N–H and O–H groups in total. The zero-order valence-corrected chi connectivity index (χ0v) is 44.3. The Kier molecular flexibility index (Phi) is 48.2. The van der Waals surface area contributed by atoms with Gasteiger partial charge in [-0.15, -0.1) is 0 Å². The van der Waals surface area contributed by atoms with E-state index in [9.17, 15) is 28.9 Å². The smallest absolute Gasteiger partial charge is 0.462 e. The molecule has 0 fully saturated rings. The monoisotopic (exact) mass is 997 g/mol. The first kappa shape index (κ1) is 65.9. The van der Waals surface area contributed by atoms with E-state index < -0.39 is 64.4 Å². The van der Waals surface area contributed by atoms with E-state index in [0.717, 1.165) is 109 Å². The number of hydrogen-bond donors (Lipinski definition) is 2. The second kappa shape index (κ2) is 51.2. The van der Waals surface area contributed by atoms with Crippen molar-refractivity contribution in [2.24, 2.45) is 0 Å². The maximum absolute atomic E-state index is 12.9.